The van der Waals surface area contributed by atoms with Gasteiger partial charge in [-0.3, -0.25) is 19.2 Å². The van der Waals surface area contributed by atoms with Crippen molar-refractivity contribution in [3.05, 3.63) is 53.6 Å². The van der Waals surface area contributed by atoms with Crippen molar-refractivity contribution in [1.82, 2.24) is 21.3 Å². The summed E-state index contributed by atoms with van der Waals surface area (Å²) in [5.41, 5.74) is 32.2. The summed E-state index contributed by atoms with van der Waals surface area (Å²) in [6, 6.07) is 8.69. The fourth-order valence-electron chi connectivity index (χ4n) is 5.64. The van der Waals surface area contributed by atoms with E-state index in [1.807, 2.05) is 24.3 Å². The number of amides is 4. The summed E-state index contributed by atoms with van der Waals surface area (Å²) in [4.78, 5) is 53.6. The van der Waals surface area contributed by atoms with E-state index in [9.17, 15) is 24.3 Å². The third-order valence-electron chi connectivity index (χ3n) is 8.39. The van der Waals surface area contributed by atoms with E-state index < -0.39 is 41.9 Å². The van der Waals surface area contributed by atoms with Crippen LogP contribution in [-0.2, 0) is 32.0 Å². The van der Waals surface area contributed by atoms with Crippen LogP contribution in [0.3, 0.4) is 0 Å². The van der Waals surface area contributed by atoms with Crippen LogP contribution in [0.1, 0.15) is 56.1 Å². The molecule has 264 valence electrons. The number of carbonyl (C=O) groups is 4. The Morgan fingerprint density at radius 3 is 2.33 bits per heavy atom. The minimum Gasteiger partial charge on any atom is -0.508 e. The quantitative estimate of drug-likeness (QED) is 0.111. The number of benzene rings is 2. The summed E-state index contributed by atoms with van der Waals surface area (Å²) in [6.07, 6.45) is 3.26. The molecule has 0 spiro atoms. The molecule has 2 aromatic carbocycles. The second-order valence-electron chi connectivity index (χ2n) is 12.4. The van der Waals surface area contributed by atoms with Gasteiger partial charge in [-0.1, -0.05) is 30.3 Å². The summed E-state index contributed by atoms with van der Waals surface area (Å²) in [5, 5.41) is 21.9. The largest absolute Gasteiger partial charge is 0.508 e. The number of rotatable bonds is 15. The molecular formula is C34H53N9O5. The van der Waals surface area contributed by atoms with Crippen molar-refractivity contribution in [2.75, 3.05) is 26.2 Å². The Morgan fingerprint density at radius 1 is 0.896 bits per heavy atom. The lowest BCUT2D eigenvalue weighted by molar-refractivity contribution is -0.133. The molecule has 0 aliphatic carbocycles. The molecule has 48 heavy (non-hydrogen) atoms. The molecule has 0 aromatic heterocycles. The standard InChI is InChI=1S/C34H53N9O5/c35-12-2-7-25(38)20-40-31(45)19-26(8-3-13-36)41-34(48)29-16-21-5-1-6-22(15-21)23-10-11-30(44)24(17-23)18-27(39)32(46)42-28(9-4-14-37)33(47)43-29/h1,5-6,10-11,15,17,25-29,44H,2-4,7-9,12-14,16,18-20,35-39H2,(H,40,45)(H,41,48)(H,42,46)(H,43,47)/t25-,26-,27-,28-,29-/m0/s1. The van der Waals surface area contributed by atoms with Crippen LogP contribution in [0.4, 0.5) is 0 Å². The first-order valence-electron chi connectivity index (χ1n) is 16.7. The molecule has 0 saturated carbocycles. The molecule has 5 atom stereocenters. The highest BCUT2D eigenvalue weighted by atomic mass is 16.3. The molecule has 1 aliphatic rings. The SMILES string of the molecule is NCCC[C@H](N)CNC(=O)C[C@H](CCCN)NC(=O)[C@@H]1Cc2cccc(c2)-c2ccc(O)c(c2)C[C@H](N)C(=O)N[C@@H](CCCN)C(=O)N1. The van der Waals surface area contributed by atoms with Gasteiger partial charge in [-0.05, 0) is 92.5 Å². The molecule has 14 heteroatoms. The fraction of sp³-hybridized carbons (Fsp3) is 0.529. The number of nitrogens with two attached hydrogens (primary N) is 5. The Bertz CT molecular complexity index is 1370. The fourth-order valence-corrected chi connectivity index (χ4v) is 5.64. The number of hydrogen-bond acceptors (Lipinski definition) is 10. The average molecular weight is 668 g/mol. The van der Waals surface area contributed by atoms with Crippen LogP contribution in [0.5, 0.6) is 5.75 Å². The molecule has 14 nitrogen and oxygen atoms in total. The normalized spacial score (nSPS) is 19.6. The van der Waals surface area contributed by atoms with Crippen LogP contribution in [0.15, 0.2) is 42.5 Å². The van der Waals surface area contributed by atoms with Crippen molar-refractivity contribution < 1.29 is 24.3 Å². The first kappa shape index (κ1) is 38.4. The van der Waals surface area contributed by atoms with Gasteiger partial charge in [0.1, 0.15) is 17.8 Å². The third kappa shape index (κ3) is 12.2. The van der Waals surface area contributed by atoms with Crippen molar-refractivity contribution in [3.8, 4) is 16.9 Å². The molecule has 2 aromatic rings. The lowest BCUT2D eigenvalue weighted by Crippen LogP contribution is -2.57. The van der Waals surface area contributed by atoms with Gasteiger partial charge >= 0.3 is 0 Å². The Balaban J connectivity index is 1.91. The van der Waals surface area contributed by atoms with Crippen LogP contribution in [0, 0.1) is 0 Å². The molecular weight excluding hydrogens is 614 g/mol. The van der Waals surface area contributed by atoms with Crippen LogP contribution in [0.2, 0.25) is 0 Å². The first-order chi connectivity index (χ1) is 23.0. The van der Waals surface area contributed by atoms with E-state index in [-0.39, 0.29) is 56.5 Å². The van der Waals surface area contributed by atoms with Gasteiger partial charge in [0.25, 0.3) is 0 Å². The highest BCUT2D eigenvalue weighted by Crippen LogP contribution is 2.28. The van der Waals surface area contributed by atoms with Crippen LogP contribution < -0.4 is 49.9 Å². The number of phenolic OH excluding ortho intramolecular Hbond substituents is 1. The van der Waals surface area contributed by atoms with Crippen LogP contribution in [0.25, 0.3) is 11.1 Å². The molecule has 3 rings (SSSR count). The lowest BCUT2D eigenvalue weighted by Gasteiger charge is -2.26. The van der Waals surface area contributed by atoms with E-state index in [2.05, 4.69) is 21.3 Å². The van der Waals surface area contributed by atoms with E-state index in [0.29, 0.717) is 44.3 Å². The minimum atomic E-state index is -1.06. The number of hydrogen-bond donors (Lipinski definition) is 10. The second-order valence-corrected chi connectivity index (χ2v) is 12.4. The smallest absolute Gasteiger partial charge is 0.243 e. The van der Waals surface area contributed by atoms with Crippen molar-refractivity contribution in [1.29, 1.82) is 0 Å². The number of carbonyl (C=O) groups excluding carboxylic acids is 4. The monoisotopic (exact) mass is 667 g/mol. The Kier molecular flexibility index (Phi) is 15.7. The summed E-state index contributed by atoms with van der Waals surface area (Å²) in [7, 11) is 0. The lowest BCUT2D eigenvalue weighted by atomic mass is 9.96. The maximum Gasteiger partial charge on any atom is 0.243 e. The molecule has 0 unspecified atom stereocenters. The maximum absolute atomic E-state index is 13.9. The molecule has 0 saturated heterocycles. The minimum absolute atomic E-state index is 0.00174. The molecule has 0 fully saturated rings. The van der Waals surface area contributed by atoms with E-state index in [1.165, 1.54) is 0 Å². The van der Waals surface area contributed by atoms with Gasteiger partial charge in [-0.15, -0.1) is 0 Å². The predicted molar refractivity (Wildman–Crippen MR) is 185 cm³/mol. The highest BCUT2D eigenvalue weighted by Gasteiger charge is 2.30. The Morgan fingerprint density at radius 2 is 1.60 bits per heavy atom. The zero-order valence-corrected chi connectivity index (χ0v) is 27.6. The topological polar surface area (TPSA) is 267 Å². The van der Waals surface area contributed by atoms with Gasteiger partial charge < -0.3 is 55.0 Å². The number of fused-ring (bicyclic) bond motifs is 5. The third-order valence-corrected chi connectivity index (χ3v) is 8.39. The van der Waals surface area contributed by atoms with Gasteiger partial charge in [0.15, 0.2) is 0 Å². The van der Waals surface area contributed by atoms with Gasteiger partial charge in [-0.25, -0.2) is 0 Å². The average Bonchev–Trinajstić information content (AvgIpc) is 3.07. The second kappa shape index (κ2) is 19.7. The molecule has 0 radical (unpaired) electrons. The molecule has 1 heterocycles. The van der Waals surface area contributed by atoms with Gasteiger partial charge in [0.2, 0.25) is 23.6 Å². The molecule has 1 aliphatic heterocycles. The molecule has 4 bridgehead atoms. The van der Waals surface area contributed by atoms with Crippen molar-refractivity contribution in [2.45, 2.75) is 88.0 Å². The van der Waals surface area contributed by atoms with E-state index in [4.69, 9.17) is 28.7 Å². The summed E-state index contributed by atoms with van der Waals surface area (Å²) < 4.78 is 0. The molecule has 4 amide bonds. The molecule has 15 N–H and O–H groups in total. The predicted octanol–water partition coefficient (Wildman–Crippen LogP) is -1.01. The van der Waals surface area contributed by atoms with E-state index >= 15 is 0 Å². The van der Waals surface area contributed by atoms with Crippen LogP contribution in [-0.4, -0.2) is 85.1 Å². The zero-order valence-electron chi connectivity index (χ0n) is 27.6. The Labute approximate surface area is 282 Å². The number of aromatic hydroxyl groups is 1. The zero-order chi connectivity index (χ0) is 35.1. The summed E-state index contributed by atoms with van der Waals surface area (Å²) in [5.74, 6) is -1.90. The van der Waals surface area contributed by atoms with Gasteiger partial charge in [-0.2, -0.15) is 0 Å². The van der Waals surface area contributed by atoms with Crippen molar-refractivity contribution in [2.24, 2.45) is 28.7 Å². The summed E-state index contributed by atoms with van der Waals surface area (Å²) >= 11 is 0. The van der Waals surface area contributed by atoms with Crippen molar-refractivity contribution >= 4 is 23.6 Å². The van der Waals surface area contributed by atoms with Gasteiger partial charge in [0.05, 0.1) is 6.04 Å². The van der Waals surface area contributed by atoms with Crippen LogP contribution >= 0.6 is 0 Å². The number of nitrogens with one attached hydrogen (secondary N) is 4. The van der Waals surface area contributed by atoms with E-state index in [0.717, 1.165) is 23.1 Å². The maximum atomic E-state index is 13.9. The first-order valence-corrected chi connectivity index (χ1v) is 16.7. The Hall–Kier alpha value is -4.08. The number of phenols is 1. The van der Waals surface area contributed by atoms with Crippen molar-refractivity contribution in [3.63, 3.8) is 0 Å². The summed E-state index contributed by atoms with van der Waals surface area (Å²) in [6.45, 7) is 1.45. The van der Waals surface area contributed by atoms with E-state index in [1.54, 1.807) is 18.2 Å². The highest BCUT2D eigenvalue weighted by molar-refractivity contribution is 5.93. The van der Waals surface area contributed by atoms with Gasteiger partial charge in [0, 0.05) is 37.9 Å².